The molecule has 2 aliphatic heterocycles. The predicted octanol–water partition coefficient (Wildman–Crippen LogP) is 1.83. The van der Waals surface area contributed by atoms with Gasteiger partial charge >= 0.3 is 7.12 Å². The molecule has 1 amide bonds. The third-order valence-electron chi connectivity index (χ3n) is 4.96. The Labute approximate surface area is 143 Å². The Hall–Kier alpha value is -1.60. The number of hydrogen-bond donors (Lipinski definition) is 1. The van der Waals surface area contributed by atoms with Crippen molar-refractivity contribution < 1.29 is 18.5 Å². The molecule has 0 aromatic heterocycles. The molecule has 5 nitrogen and oxygen atoms in total. The van der Waals surface area contributed by atoms with E-state index in [0.717, 1.165) is 18.8 Å². The van der Waals surface area contributed by atoms with Crippen molar-refractivity contribution in [2.75, 3.05) is 18.0 Å². The molecule has 7 heteroatoms. The van der Waals surface area contributed by atoms with Gasteiger partial charge in [0.25, 0.3) is 0 Å². The molecule has 2 aliphatic rings. The maximum atomic E-state index is 14.5. The van der Waals surface area contributed by atoms with Gasteiger partial charge in [-0.25, -0.2) is 4.39 Å². The quantitative estimate of drug-likeness (QED) is 0.661. The van der Waals surface area contributed by atoms with Gasteiger partial charge in [-0.15, -0.1) is 0 Å². The molecule has 0 aliphatic carbocycles. The smallest absolute Gasteiger partial charge is 0.399 e. The van der Waals surface area contributed by atoms with Gasteiger partial charge in [-0.2, -0.15) is 0 Å². The van der Waals surface area contributed by atoms with Crippen molar-refractivity contribution in [2.24, 2.45) is 5.73 Å². The molecule has 0 unspecified atom stereocenters. The summed E-state index contributed by atoms with van der Waals surface area (Å²) in [7, 11) is -0.636. The van der Waals surface area contributed by atoms with Gasteiger partial charge in [0.15, 0.2) is 0 Å². The van der Waals surface area contributed by atoms with E-state index >= 15 is 0 Å². The van der Waals surface area contributed by atoms with Crippen molar-refractivity contribution in [3.63, 3.8) is 0 Å². The van der Waals surface area contributed by atoms with Crippen molar-refractivity contribution in [1.82, 2.24) is 0 Å². The first-order valence-corrected chi connectivity index (χ1v) is 8.27. The van der Waals surface area contributed by atoms with E-state index < -0.39 is 18.3 Å². The molecule has 0 bridgehead atoms. The topological polar surface area (TPSA) is 64.8 Å². The number of nitrogens with zero attached hydrogens (tertiary/aromatic N) is 1. The van der Waals surface area contributed by atoms with E-state index in [9.17, 15) is 4.39 Å². The molecule has 0 radical (unpaired) electrons. The maximum absolute atomic E-state index is 14.5. The Balaban J connectivity index is 0.000000647. The van der Waals surface area contributed by atoms with E-state index in [1.54, 1.807) is 12.1 Å². The molecule has 2 saturated heterocycles. The molecule has 2 heterocycles. The second kappa shape index (κ2) is 7.11. The fraction of sp³-hybridized carbons (Fsp3) is 0.588. The number of nitrogens with two attached hydrogens (primary N) is 1. The van der Waals surface area contributed by atoms with E-state index in [1.165, 1.54) is 12.8 Å². The van der Waals surface area contributed by atoms with Crippen LogP contribution in [0, 0.1) is 5.82 Å². The van der Waals surface area contributed by atoms with E-state index in [4.69, 9.17) is 14.1 Å². The minimum Gasteiger partial charge on any atom is -0.399 e. The summed E-state index contributed by atoms with van der Waals surface area (Å²) < 4.78 is 26.3. The summed E-state index contributed by atoms with van der Waals surface area (Å²) in [6.45, 7) is 9.92. The van der Waals surface area contributed by atoms with Crippen LogP contribution in [-0.4, -0.2) is 37.8 Å². The molecule has 1 aromatic carbocycles. The summed E-state index contributed by atoms with van der Waals surface area (Å²) in [6, 6.07) is 5.37. The molecule has 132 valence electrons. The molecule has 0 spiro atoms. The lowest BCUT2D eigenvalue weighted by Crippen LogP contribution is -2.41. The first-order chi connectivity index (χ1) is 11.2. The standard InChI is InChI=1S/C16H23BFNO2.CH3NO/c1-15(2)16(3,4)21-17(20-15)13-8-7-12(11-14(13)18)19-9-5-6-10-19;2-1-3/h7-8,11H,5-6,9-10H2,1-4H3;1H,(H2,2,3). The number of amides is 1. The SMILES string of the molecule is CC1(C)OB(c2ccc(N3CCCC3)cc2F)OC1(C)C.NC=O. The van der Waals surface area contributed by atoms with Gasteiger partial charge in [0.05, 0.1) is 11.2 Å². The maximum Gasteiger partial charge on any atom is 0.497 e. The predicted molar refractivity (Wildman–Crippen MR) is 93.8 cm³/mol. The van der Waals surface area contributed by atoms with Gasteiger partial charge < -0.3 is 19.9 Å². The summed E-state index contributed by atoms with van der Waals surface area (Å²) in [6.07, 6.45) is 2.61. The van der Waals surface area contributed by atoms with Crippen LogP contribution in [0.25, 0.3) is 0 Å². The van der Waals surface area contributed by atoms with Crippen LogP contribution in [0.4, 0.5) is 10.1 Å². The van der Waals surface area contributed by atoms with Gasteiger partial charge in [-0.05, 0) is 52.7 Å². The minimum atomic E-state index is -0.636. The first kappa shape index (κ1) is 18.7. The Morgan fingerprint density at radius 1 is 1.17 bits per heavy atom. The largest absolute Gasteiger partial charge is 0.497 e. The van der Waals surface area contributed by atoms with Crippen molar-refractivity contribution in [1.29, 1.82) is 0 Å². The van der Waals surface area contributed by atoms with Crippen molar-refractivity contribution in [3.8, 4) is 0 Å². The summed E-state index contributed by atoms with van der Waals surface area (Å²) in [5.41, 5.74) is 4.71. The van der Waals surface area contributed by atoms with Crippen LogP contribution in [0.3, 0.4) is 0 Å². The van der Waals surface area contributed by atoms with Crippen LogP contribution in [0.5, 0.6) is 0 Å². The van der Waals surface area contributed by atoms with Crippen molar-refractivity contribution >= 4 is 24.7 Å². The van der Waals surface area contributed by atoms with Gasteiger partial charge in [-0.1, -0.05) is 6.07 Å². The molecular weight excluding hydrogens is 310 g/mol. The Morgan fingerprint density at radius 3 is 2.12 bits per heavy atom. The highest BCUT2D eigenvalue weighted by atomic mass is 19.1. The van der Waals surface area contributed by atoms with Crippen molar-refractivity contribution in [2.45, 2.75) is 51.7 Å². The third kappa shape index (κ3) is 3.73. The normalized spacial score (nSPS) is 21.4. The third-order valence-corrected chi connectivity index (χ3v) is 4.96. The zero-order valence-electron chi connectivity index (χ0n) is 14.8. The van der Waals surface area contributed by atoms with Gasteiger partial charge in [0.2, 0.25) is 6.41 Å². The number of carbonyl (C=O) groups is 1. The van der Waals surface area contributed by atoms with E-state index in [0.29, 0.717) is 5.46 Å². The molecule has 0 saturated carbocycles. The average molecular weight is 336 g/mol. The summed E-state index contributed by atoms with van der Waals surface area (Å²) >= 11 is 0. The van der Waals surface area contributed by atoms with Crippen LogP contribution in [0.15, 0.2) is 18.2 Å². The number of halogens is 1. The second-order valence-corrected chi connectivity index (χ2v) is 7.12. The van der Waals surface area contributed by atoms with Gasteiger partial charge in [0.1, 0.15) is 5.82 Å². The fourth-order valence-corrected chi connectivity index (χ4v) is 2.85. The van der Waals surface area contributed by atoms with Crippen LogP contribution in [0.1, 0.15) is 40.5 Å². The lowest BCUT2D eigenvalue weighted by atomic mass is 9.78. The van der Waals surface area contributed by atoms with Crippen LogP contribution < -0.4 is 16.1 Å². The molecular formula is C17H26BFN2O3. The zero-order chi connectivity index (χ0) is 18.0. The Kier molecular flexibility index (Phi) is 5.55. The average Bonchev–Trinajstić information content (AvgIpc) is 3.06. The highest BCUT2D eigenvalue weighted by molar-refractivity contribution is 6.62. The Bertz CT molecular complexity index is 573. The number of hydrogen-bond acceptors (Lipinski definition) is 4. The monoisotopic (exact) mass is 336 g/mol. The Morgan fingerprint density at radius 2 is 1.67 bits per heavy atom. The molecule has 0 atom stereocenters. The van der Waals surface area contributed by atoms with E-state index in [2.05, 4.69) is 10.6 Å². The minimum absolute atomic E-state index is 0.250. The molecule has 24 heavy (non-hydrogen) atoms. The van der Waals surface area contributed by atoms with Crippen molar-refractivity contribution in [3.05, 3.63) is 24.0 Å². The molecule has 2 fully saturated rings. The van der Waals surface area contributed by atoms with E-state index in [-0.39, 0.29) is 12.2 Å². The van der Waals surface area contributed by atoms with Crippen LogP contribution in [0.2, 0.25) is 0 Å². The first-order valence-electron chi connectivity index (χ1n) is 8.27. The number of rotatable bonds is 2. The number of anilines is 1. The van der Waals surface area contributed by atoms with Gasteiger partial charge in [0, 0.05) is 24.2 Å². The zero-order valence-corrected chi connectivity index (χ0v) is 14.8. The second-order valence-electron chi connectivity index (χ2n) is 7.12. The van der Waals surface area contributed by atoms with E-state index in [1.807, 2.05) is 33.8 Å². The molecule has 2 N–H and O–H groups in total. The van der Waals surface area contributed by atoms with Crippen LogP contribution in [-0.2, 0) is 14.1 Å². The van der Waals surface area contributed by atoms with Gasteiger partial charge in [-0.3, -0.25) is 4.79 Å². The lowest BCUT2D eigenvalue weighted by molar-refractivity contribution is -0.106. The number of carbonyl (C=O) groups excluding carboxylic acids is 1. The highest BCUT2D eigenvalue weighted by Gasteiger charge is 2.52. The fourth-order valence-electron chi connectivity index (χ4n) is 2.85. The number of benzene rings is 1. The summed E-state index contributed by atoms with van der Waals surface area (Å²) in [4.78, 5) is 10.8. The van der Waals surface area contributed by atoms with Crippen LogP contribution >= 0.6 is 0 Å². The highest BCUT2D eigenvalue weighted by Crippen LogP contribution is 2.36. The molecule has 1 aromatic rings. The number of primary amides is 1. The summed E-state index contributed by atoms with van der Waals surface area (Å²) in [5, 5.41) is 0. The molecule has 3 rings (SSSR count). The summed E-state index contributed by atoms with van der Waals surface area (Å²) in [5.74, 6) is -0.252. The lowest BCUT2D eigenvalue weighted by Gasteiger charge is -2.32.